The fraction of sp³-hybridized carbons (Fsp3) is 0.269. The Morgan fingerprint density at radius 3 is 2.36 bits per heavy atom. The van der Waals surface area contributed by atoms with Gasteiger partial charge in [-0.25, -0.2) is 0 Å². The lowest BCUT2D eigenvalue weighted by atomic mass is 10.2. The number of piperazine rings is 1. The number of amidine groups is 1. The van der Waals surface area contributed by atoms with Crippen molar-refractivity contribution >= 4 is 23.2 Å². The second-order valence-corrected chi connectivity index (χ2v) is 9.05. The molecule has 2 aromatic carbocycles. The van der Waals surface area contributed by atoms with Crippen molar-refractivity contribution in [1.82, 2.24) is 9.88 Å². The molecule has 1 aliphatic heterocycles. The molecule has 206 valence electrons. The van der Waals surface area contributed by atoms with Gasteiger partial charge in [-0.05, 0) is 30.3 Å². The van der Waals surface area contributed by atoms with E-state index in [2.05, 4.69) is 4.98 Å². The van der Waals surface area contributed by atoms with Gasteiger partial charge in [0.1, 0.15) is 17.3 Å². The van der Waals surface area contributed by atoms with Crippen molar-refractivity contribution < 1.29 is 33.3 Å². The first-order valence-corrected chi connectivity index (χ1v) is 11.9. The topological polar surface area (TPSA) is 148 Å². The van der Waals surface area contributed by atoms with Gasteiger partial charge in [0.25, 0.3) is 11.8 Å². The number of anilines is 2. The zero-order valence-electron chi connectivity index (χ0n) is 21.3. The van der Waals surface area contributed by atoms with Crippen LogP contribution >= 0.6 is 0 Å². The highest BCUT2D eigenvalue weighted by atomic mass is 19.1. The van der Waals surface area contributed by atoms with E-state index < -0.39 is 35.1 Å². The number of benzene rings is 2. The van der Waals surface area contributed by atoms with Crippen LogP contribution in [0.1, 0.15) is 5.56 Å². The van der Waals surface area contributed by atoms with Gasteiger partial charge in [0, 0.05) is 57.6 Å². The average molecular weight is 543 g/mol. The molecule has 1 fully saturated rings. The second-order valence-electron chi connectivity index (χ2n) is 9.05. The molecular formula is C26H28F2N6O5. The second kappa shape index (κ2) is 11.4. The van der Waals surface area contributed by atoms with Gasteiger partial charge in [-0.1, -0.05) is 6.07 Å². The minimum atomic E-state index is -1.14. The fourth-order valence-corrected chi connectivity index (χ4v) is 4.03. The number of phenolic OH excluding ortho intramolecular Hbond substituents is 1. The van der Waals surface area contributed by atoms with E-state index >= 15 is 8.78 Å². The summed E-state index contributed by atoms with van der Waals surface area (Å²) in [5, 5.41) is 26.9. The summed E-state index contributed by atoms with van der Waals surface area (Å²) in [5.41, 5.74) is 6.03. The smallest absolute Gasteiger partial charge is 0.317 e. The summed E-state index contributed by atoms with van der Waals surface area (Å²) in [6.07, 6.45) is 0. The molecule has 0 saturated carbocycles. The van der Waals surface area contributed by atoms with E-state index in [-0.39, 0.29) is 61.4 Å². The molecule has 0 atom stereocenters. The fourth-order valence-electron chi connectivity index (χ4n) is 4.03. The monoisotopic (exact) mass is 542 g/mol. The van der Waals surface area contributed by atoms with Crippen LogP contribution in [0.25, 0.3) is 0 Å². The van der Waals surface area contributed by atoms with Crippen molar-refractivity contribution in [3.63, 3.8) is 0 Å². The molecule has 0 unspecified atom stereocenters. The third-order valence-corrected chi connectivity index (χ3v) is 6.07. The first-order valence-electron chi connectivity index (χ1n) is 11.9. The van der Waals surface area contributed by atoms with Crippen molar-refractivity contribution in [2.75, 3.05) is 56.6 Å². The van der Waals surface area contributed by atoms with Crippen LogP contribution in [0.15, 0.2) is 42.5 Å². The maximum absolute atomic E-state index is 15.8. The largest absolute Gasteiger partial charge is 0.504 e. The molecule has 0 spiro atoms. The number of aromatic nitrogens is 1. The van der Waals surface area contributed by atoms with Crippen molar-refractivity contribution in [2.45, 2.75) is 0 Å². The van der Waals surface area contributed by atoms with Gasteiger partial charge in [-0.15, -0.1) is 0 Å². The number of hydrogen-bond donors (Lipinski definition) is 4. The Bertz CT molecular complexity index is 1400. The molecule has 4 rings (SSSR count). The molecule has 5 N–H and O–H groups in total. The van der Waals surface area contributed by atoms with Crippen LogP contribution in [0.4, 0.5) is 20.2 Å². The third kappa shape index (κ3) is 6.26. The van der Waals surface area contributed by atoms with Gasteiger partial charge < -0.3 is 35.2 Å². The van der Waals surface area contributed by atoms with Gasteiger partial charge in [-0.2, -0.15) is 13.8 Å². The highest BCUT2D eigenvalue weighted by Crippen LogP contribution is 2.40. The molecule has 1 aliphatic rings. The Morgan fingerprint density at radius 1 is 1.08 bits per heavy atom. The number of aromatic hydroxyl groups is 1. The van der Waals surface area contributed by atoms with Crippen LogP contribution in [0, 0.1) is 17.0 Å². The van der Waals surface area contributed by atoms with Crippen LogP contribution < -0.4 is 25.0 Å². The van der Waals surface area contributed by atoms with Gasteiger partial charge in [-0.3, -0.25) is 15.1 Å². The van der Waals surface area contributed by atoms with Gasteiger partial charge in [0.05, 0.1) is 6.54 Å². The van der Waals surface area contributed by atoms with E-state index in [9.17, 15) is 9.90 Å². The van der Waals surface area contributed by atoms with Crippen molar-refractivity contribution in [3.05, 3.63) is 59.7 Å². The number of halogens is 2. The number of carboxylic acid groups (broad SMARTS) is 1. The molecule has 0 aliphatic carbocycles. The van der Waals surface area contributed by atoms with Gasteiger partial charge in [0.2, 0.25) is 11.6 Å². The molecule has 0 amide bonds. The highest BCUT2D eigenvalue weighted by Gasteiger charge is 2.30. The van der Waals surface area contributed by atoms with Crippen LogP contribution in [0.5, 0.6) is 29.0 Å². The number of hydrogen-bond acceptors (Lipinski definition) is 9. The first-order chi connectivity index (χ1) is 18.5. The standard InChI is InChI=1S/C26H28F2N6O5/c1-32(2)16-4-3-5-17(13-16)38-25-21(27)23(34-10-8-33(9-11-34)14-20(36)37)22(28)26(31-25)39-19-12-15(24(29)30)6-7-18(19)35/h3-7,12-13,35H,8-11,14H2,1-2H3,(H3,29,30)(H,36,37). The predicted molar refractivity (Wildman–Crippen MR) is 140 cm³/mol. The van der Waals surface area contributed by atoms with Crippen LogP contribution in [0.2, 0.25) is 0 Å². The number of nitrogens with zero attached hydrogens (tertiary/aromatic N) is 4. The lowest BCUT2D eigenvalue weighted by molar-refractivity contribution is -0.138. The molecule has 1 aromatic heterocycles. The maximum Gasteiger partial charge on any atom is 0.317 e. The Kier molecular flexibility index (Phi) is 8.00. The number of pyridine rings is 1. The lowest BCUT2D eigenvalue weighted by Gasteiger charge is -2.35. The lowest BCUT2D eigenvalue weighted by Crippen LogP contribution is -2.48. The third-order valence-electron chi connectivity index (χ3n) is 6.07. The molecule has 0 bridgehead atoms. The van der Waals surface area contributed by atoms with E-state index in [4.69, 9.17) is 25.7 Å². The maximum atomic E-state index is 15.8. The Morgan fingerprint density at radius 2 is 1.74 bits per heavy atom. The number of nitrogens with one attached hydrogen (secondary N) is 1. The summed E-state index contributed by atoms with van der Waals surface area (Å²) < 4.78 is 42.9. The van der Waals surface area contributed by atoms with Crippen LogP contribution in [-0.2, 0) is 4.79 Å². The van der Waals surface area contributed by atoms with Crippen molar-refractivity contribution in [3.8, 4) is 29.0 Å². The minimum Gasteiger partial charge on any atom is -0.504 e. The number of ether oxygens (including phenoxy) is 2. The number of carbonyl (C=O) groups is 1. The first kappa shape index (κ1) is 27.4. The Labute approximate surface area is 223 Å². The van der Waals surface area contributed by atoms with E-state index in [1.54, 1.807) is 23.1 Å². The summed E-state index contributed by atoms with van der Waals surface area (Å²) in [4.78, 5) is 19.9. The number of aliphatic carboxylic acids is 1. The normalized spacial score (nSPS) is 13.7. The molecule has 3 aromatic rings. The Balaban J connectivity index is 1.75. The zero-order valence-corrected chi connectivity index (χ0v) is 21.3. The van der Waals surface area contributed by atoms with Crippen molar-refractivity contribution in [1.29, 1.82) is 5.41 Å². The Hall–Kier alpha value is -4.65. The zero-order chi connectivity index (χ0) is 28.3. The molecule has 0 radical (unpaired) electrons. The van der Waals surface area contributed by atoms with Crippen molar-refractivity contribution in [2.24, 2.45) is 5.73 Å². The summed E-state index contributed by atoms with van der Waals surface area (Å²) >= 11 is 0. The van der Waals surface area contributed by atoms with Crippen LogP contribution in [-0.4, -0.2) is 78.7 Å². The van der Waals surface area contributed by atoms with Crippen LogP contribution in [0.3, 0.4) is 0 Å². The van der Waals surface area contributed by atoms with Gasteiger partial charge in [0.15, 0.2) is 11.5 Å². The molecule has 39 heavy (non-hydrogen) atoms. The molecular weight excluding hydrogens is 514 g/mol. The molecule has 13 heteroatoms. The molecule has 2 heterocycles. The van der Waals surface area contributed by atoms with Gasteiger partial charge >= 0.3 is 5.97 Å². The SMILES string of the molecule is CN(C)c1cccc(Oc2nc(Oc3cc(C(=N)N)ccc3O)c(F)c(N3CCN(CC(=O)O)CC3)c2F)c1. The average Bonchev–Trinajstić information content (AvgIpc) is 2.89. The number of nitrogen functional groups attached to an aromatic ring is 1. The molecule has 1 saturated heterocycles. The van der Waals surface area contributed by atoms with E-state index in [0.717, 1.165) is 5.69 Å². The number of carboxylic acids is 1. The number of rotatable bonds is 9. The summed E-state index contributed by atoms with van der Waals surface area (Å²) in [6, 6.07) is 10.6. The highest BCUT2D eigenvalue weighted by molar-refractivity contribution is 5.95. The predicted octanol–water partition coefficient (Wildman–Crippen LogP) is 3.21. The summed E-state index contributed by atoms with van der Waals surface area (Å²) in [6.45, 7) is 0.584. The quantitative estimate of drug-likeness (QED) is 0.235. The number of phenols is 1. The summed E-state index contributed by atoms with van der Waals surface area (Å²) in [7, 11) is 3.65. The molecule has 11 nitrogen and oxygen atoms in total. The van der Waals surface area contributed by atoms with E-state index in [1.165, 1.54) is 23.1 Å². The van der Waals surface area contributed by atoms with E-state index in [0.29, 0.717) is 0 Å². The minimum absolute atomic E-state index is 0.130. The number of nitrogens with two attached hydrogens (primary N) is 1. The van der Waals surface area contributed by atoms with E-state index in [1.807, 2.05) is 25.1 Å². The summed E-state index contributed by atoms with van der Waals surface area (Å²) in [5.74, 6) is -5.13.